The lowest BCUT2D eigenvalue weighted by molar-refractivity contribution is -0.0700. The lowest BCUT2D eigenvalue weighted by Gasteiger charge is -2.38. The van der Waals surface area contributed by atoms with Crippen molar-refractivity contribution in [2.45, 2.75) is 57.6 Å². The molecular weight excluding hydrogens is 230 g/mol. The summed E-state index contributed by atoms with van der Waals surface area (Å²) in [7, 11) is 0. The number of rotatable bonds is 5. The first-order chi connectivity index (χ1) is 8.20. The molecule has 2 aliphatic heterocycles. The normalized spacial score (nSPS) is 33.7. The highest BCUT2D eigenvalue weighted by atomic mass is 32.2. The molecular formula is C14H27NOS. The van der Waals surface area contributed by atoms with Crippen LogP contribution in [0.15, 0.2) is 0 Å². The van der Waals surface area contributed by atoms with Crippen molar-refractivity contribution in [2.24, 2.45) is 5.92 Å². The van der Waals surface area contributed by atoms with Gasteiger partial charge in [0.2, 0.25) is 0 Å². The third kappa shape index (κ3) is 4.15. The van der Waals surface area contributed by atoms with Crippen LogP contribution in [0.3, 0.4) is 0 Å². The van der Waals surface area contributed by atoms with E-state index < -0.39 is 0 Å². The van der Waals surface area contributed by atoms with Crippen LogP contribution < -0.4 is 5.32 Å². The van der Waals surface area contributed by atoms with Gasteiger partial charge in [-0.25, -0.2) is 0 Å². The summed E-state index contributed by atoms with van der Waals surface area (Å²) >= 11 is 2.06. The second kappa shape index (κ2) is 6.44. The molecule has 100 valence electrons. The maximum absolute atomic E-state index is 6.04. The van der Waals surface area contributed by atoms with Crippen LogP contribution in [0.1, 0.15) is 46.0 Å². The Bertz CT molecular complexity index is 226. The van der Waals surface area contributed by atoms with Gasteiger partial charge in [0.05, 0.1) is 5.60 Å². The van der Waals surface area contributed by atoms with Crippen LogP contribution in [0, 0.1) is 5.92 Å². The van der Waals surface area contributed by atoms with E-state index in [9.17, 15) is 0 Å². The smallest absolute Gasteiger partial charge is 0.0795 e. The fourth-order valence-corrected chi connectivity index (χ4v) is 4.26. The van der Waals surface area contributed by atoms with Crippen LogP contribution in [-0.4, -0.2) is 36.3 Å². The van der Waals surface area contributed by atoms with Crippen molar-refractivity contribution >= 4 is 11.8 Å². The fraction of sp³-hybridized carbons (Fsp3) is 1.00. The highest BCUT2D eigenvalue weighted by Crippen LogP contribution is 2.38. The van der Waals surface area contributed by atoms with Gasteiger partial charge in [-0.2, -0.15) is 11.8 Å². The van der Waals surface area contributed by atoms with Crippen molar-refractivity contribution in [1.29, 1.82) is 0 Å². The van der Waals surface area contributed by atoms with Crippen molar-refractivity contribution in [3.05, 3.63) is 0 Å². The standard InChI is InChI=1S/C14H27NOS/c1-12(2)4-3-7-15-13-5-8-16-14(10-13)6-9-17-11-14/h12-13,15H,3-11H2,1-2H3. The summed E-state index contributed by atoms with van der Waals surface area (Å²) in [6.45, 7) is 6.76. The number of hydrogen-bond donors (Lipinski definition) is 1. The maximum Gasteiger partial charge on any atom is 0.0795 e. The molecule has 3 heteroatoms. The van der Waals surface area contributed by atoms with Crippen LogP contribution >= 0.6 is 11.8 Å². The first-order valence-corrected chi connectivity index (χ1v) is 8.31. The molecule has 2 aliphatic rings. The molecule has 2 unspecified atom stereocenters. The van der Waals surface area contributed by atoms with E-state index in [2.05, 4.69) is 30.9 Å². The minimum absolute atomic E-state index is 0.235. The molecule has 2 fully saturated rings. The van der Waals surface area contributed by atoms with Gasteiger partial charge in [-0.05, 0) is 50.3 Å². The van der Waals surface area contributed by atoms with Crippen LogP contribution in [-0.2, 0) is 4.74 Å². The van der Waals surface area contributed by atoms with Crippen LogP contribution in [0.25, 0.3) is 0 Å². The zero-order valence-corrected chi connectivity index (χ0v) is 12.2. The lowest BCUT2D eigenvalue weighted by atomic mass is 9.90. The minimum atomic E-state index is 0.235. The fourth-order valence-electron chi connectivity index (χ4n) is 2.88. The maximum atomic E-state index is 6.04. The highest BCUT2D eigenvalue weighted by Gasteiger charge is 2.40. The summed E-state index contributed by atoms with van der Waals surface area (Å²) < 4.78 is 6.04. The predicted molar refractivity (Wildman–Crippen MR) is 75.7 cm³/mol. The summed E-state index contributed by atoms with van der Waals surface area (Å²) in [4.78, 5) is 0. The van der Waals surface area contributed by atoms with Gasteiger partial charge in [0.1, 0.15) is 0 Å². The van der Waals surface area contributed by atoms with E-state index in [1.54, 1.807) is 0 Å². The van der Waals surface area contributed by atoms with E-state index in [4.69, 9.17) is 4.74 Å². The van der Waals surface area contributed by atoms with E-state index >= 15 is 0 Å². The van der Waals surface area contributed by atoms with Crippen molar-refractivity contribution in [3.63, 3.8) is 0 Å². The molecule has 0 saturated carbocycles. The Morgan fingerprint density at radius 2 is 2.35 bits per heavy atom. The number of ether oxygens (including phenoxy) is 1. The molecule has 2 nitrogen and oxygen atoms in total. The Labute approximate surface area is 110 Å². The van der Waals surface area contributed by atoms with Crippen molar-refractivity contribution in [3.8, 4) is 0 Å². The van der Waals surface area contributed by atoms with Crippen molar-refractivity contribution in [2.75, 3.05) is 24.7 Å². The zero-order valence-electron chi connectivity index (χ0n) is 11.3. The van der Waals surface area contributed by atoms with Crippen LogP contribution in [0.5, 0.6) is 0 Å². The molecule has 2 heterocycles. The Morgan fingerprint density at radius 1 is 1.47 bits per heavy atom. The highest BCUT2D eigenvalue weighted by molar-refractivity contribution is 7.99. The molecule has 0 aliphatic carbocycles. The summed E-state index contributed by atoms with van der Waals surface area (Å²) in [6.07, 6.45) is 6.37. The number of hydrogen-bond acceptors (Lipinski definition) is 3. The summed E-state index contributed by atoms with van der Waals surface area (Å²) in [5, 5.41) is 3.74. The van der Waals surface area contributed by atoms with Gasteiger partial charge in [0.25, 0.3) is 0 Å². The van der Waals surface area contributed by atoms with E-state index in [1.165, 1.54) is 50.2 Å². The van der Waals surface area contributed by atoms with Crippen LogP contribution in [0.2, 0.25) is 0 Å². The Morgan fingerprint density at radius 3 is 3.06 bits per heavy atom. The van der Waals surface area contributed by atoms with Crippen LogP contribution in [0.4, 0.5) is 0 Å². The minimum Gasteiger partial charge on any atom is -0.374 e. The van der Waals surface area contributed by atoms with E-state index in [-0.39, 0.29) is 5.60 Å². The first kappa shape index (κ1) is 13.7. The molecule has 0 aromatic rings. The van der Waals surface area contributed by atoms with Gasteiger partial charge >= 0.3 is 0 Å². The van der Waals surface area contributed by atoms with E-state index in [0.717, 1.165) is 12.5 Å². The predicted octanol–water partition coefficient (Wildman–Crippen LogP) is 3.07. The Hall–Kier alpha value is 0.270. The molecule has 1 N–H and O–H groups in total. The molecule has 1 spiro atoms. The average Bonchev–Trinajstić information content (AvgIpc) is 2.73. The molecule has 0 amide bonds. The third-order valence-corrected chi connectivity index (χ3v) is 5.17. The van der Waals surface area contributed by atoms with Crippen molar-refractivity contribution < 1.29 is 4.74 Å². The third-order valence-electron chi connectivity index (χ3n) is 3.95. The quantitative estimate of drug-likeness (QED) is 0.765. The molecule has 0 bridgehead atoms. The molecule has 2 rings (SSSR count). The van der Waals surface area contributed by atoms with Crippen molar-refractivity contribution in [1.82, 2.24) is 5.32 Å². The molecule has 17 heavy (non-hydrogen) atoms. The van der Waals surface area contributed by atoms with Gasteiger partial charge < -0.3 is 10.1 Å². The topological polar surface area (TPSA) is 21.3 Å². The molecule has 2 saturated heterocycles. The summed E-state index contributed by atoms with van der Waals surface area (Å²) in [5.41, 5.74) is 0.235. The largest absolute Gasteiger partial charge is 0.374 e. The second-order valence-corrected chi connectivity index (χ2v) is 7.12. The van der Waals surface area contributed by atoms with E-state index in [1.807, 2.05) is 0 Å². The molecule has 0 radical (unpaired) electrons. The summed E-state index contributed by atoms with van der Waals surface area (Å²) in [6, 6.07) is 0.703. The Kier molecular flexibility index (Phi) is 5.19. The van der Waals surface area contributed by atoms with Gasteiger partial charge in [-0.15, -0.1) is 0 Å². The van der Waals surface area contributed by atoms with Gasteiger partial charge in [-0.3, -0.25) is 0 Å². The lowest BCUT2D eigenvalue weighted by Crippen LogP contribution is -2.47. The van der Waals surface area contributed by atoms with E-state index in [0.29, 0.717) is 6.04 Å². The van der Waals surface area contributed by atoms with Gasteiger partial charge in [-0.1, -0.05) is 13.8 Å². The summed E-state index contributed by atoms with van der Waals surface area (Å²) in [5.74, 6) is 3.35. The number of nitrogens with one attached hydrogen (secondary N) is 1. The average molecular weight is 257 g/mol. The molecule has 0 aromatic heterocycles. The van der Waals surface area contributed by atoms with Gasteiger partial charge in [0, 0.05) is 18.4 Å². The SMILES string of the molecule is CC(C)CCCNC1CCOC2(CCSC2)C1. The molecule has 0 aromatic carbocycles. The monoisotopic (exact) mass is 257 g/mol. The Balaban J connectivity index is 1.67. The number of thioether (sulfide) groups is 1. The zero-order chi connectivity index (χ0) is 12.1. The second-order valence-electron chi connectivity index (χ2n) is 6.01. The van der Waals surface area contributed by atoms with Gasteiger partial charge in [0.15, 0.2) is 0 Å². The molecule has 2 atom stereocenters. The first-order valence-electron chi connectivity index (χ1n) is 7.15.